The largest absolute Gasteiger partial charge is 0.353 e. The summed E-state index contributed by atoms with van der Waals surface area (Å²) in [4.78, 5) is 26.6. The number of aryl methyl sites for hydroxylation is 1. The Morgan fingerprint density at radius 1 is 1.04 bits per heavy atom. The Labute approximate surface area is 161 Å². The lowest BCUT2D eigenvalue weighted by atomic mass is 10.0. The van der Waals surface area contributed by atoms with Crippen molar-refractivity contribution in [2.75, 3.05) is 13.1 Å². The van der Waals surface area contributed by atoms with Crippen LogP contribution in [0.15, 0.2) is 60.7 Å². The van der Waals surface area contributed by atoms with Crippen molar-refractivity contribution in [1.82, 2.24) is 10.2 Å². The summed E-state index contributed by atoms with van der Waals surface area (Å²) in [7, 11) is 0. The monoisotopic (exact) mass is 364 g/mol. The van der Waals surface area contributed by atoms with Crippen LogP contribution in [0.4, 0.5) is 0 Å². The van der Waals surface area contributed by atoms with Crippen molar-refractivity contribution in [3.8, 4) is 0 Å². The van der Waals surface area contributed by atoms with E-state index in [1.54, 1.807) is 0 Å². The molecule has 2 unspecified atom stereocenters. The molecule has 1 aliphatic rings. The van der Waals surface area contributed by atoms with E-state index in [4.69, 9.17) is 0 Å². The van der Waals surface area contributed by atoms with Gasteiger partial charge in [-0.25, -0.2) is 0 Å². The second-order valence-corrected chi connectivity index (χ2v) is 7.41. The van der Waals surface area contributed by atoms with E-state index in [9.17, 15) is 9.59 Å². The Bertz CT molecular complexity index is 745. The molecule has 2 amide bonds. The summed E-state index contributed by atoms with van der Waals surface area (Å²) in [5.41, 5.74) is 2.49. The third-order valence-electron chi connectivity index (χ3n) is 5.20. The topological polar surface area (TPSA) is 49.4 Å². The maximum Gasteiger partial charge on any atom is 0.225 e. The Morgan fingerprint density at radius 2 is 1.63 bits per heavy atom. The van der Waals surface area contributed by atoms with Crippen LogP contribution < -0.4 is 5.32 Å². The van der Waals surface area contributed by atoms with Gasteiger partial charge in [-0.1, -0.05) is 60.7 Å². The van der Waals surface area contributed by atoms with Crippen molar-refractivity contribution in [2.45, 2.75) is 38.6 Å². The molecule has 0 saturated carbocycles. The molecule has 2 atom stereocenters. The van der Waals surface area contributed by atoms with Gasteiger partial charge in [-0.15, -0.1) is 0 Å². The van der Waals surface area contributed by atoms with Gasteiger partial charge in [0.25, 0.3) is 0 Å². The molecule has 1 fully saturated rings. The number of carbonyl (C=O) groups is 2. The fourth-order valence-corrected chi connectivity index (χ4v) is 3.53. The van der Waals surface area contributed by atoms with Crippen molar-refractivity contribution in [2.24, 2.45) is 5.92 Å². The van der Waals surface area contributed by atoms with Gasteiger partial charge in [0.1, 0.15) is 0 Å². The third kappa shape index (κ3) is 5.68. The van der Waals surface area contributed by atoms with Crippen LogP contribution in [-0.2, 0) is 22.4 Å². The maximum atomic E-state index is 12.5. The zero-order chi connectivity index (χ0) is 19.1. The van der Waals surface area contributed by atoms with E-state index in [1.807, 2.05) is 48.2 Å². The standard InChI is InChI=1S/C23H28N2O2/c1-18(12-13-19-8-4-2-5-9-19)24-23(27)21-16-22(26)25(17-21)15-14-20-10-6-3-7-11-20/h2-11,18,21H,12-17H2,1H3,(H,24,27). The van der Waals surface area contributed by atoms with Crippen LogP contribution >= 0.6 is 0 Å². The van der Waals surface area contributed by atoms with Crippen LogP contribution in [0.2, 0.25) is 0 Å². The predicted molar refractivity (Wildman–Crippen MR) is 107 cm³/mol. The molecule has 0 spiro atoms. The van der Waals surface area contributed by atoms with E-state index in [2.05, 4.69) is 29.6 Å². The minimum atomic E-state index is -0.229. The van der Waals surface area contributed by atoms with Gasteiger partial charge in [-0.2, -0.15) is 0 Å². The Kier molecular flexibility index (Phi) is 6.64. The van der Waals surface area contributed by atoms with Crippen LogP contribution in [0.25, 0.3) is 0 Å². The molecule has 3 rings (SSSR count). The number of hydrogen-bond acceptors (Lipinski definition) is 2. The molecule has 4 nitrogen and oxygen atoms in total. The quantitative estimate of drug-likeness (QED) is 0.782. The highest BCUT2D eigenvalue weighted by Crippen LogP contribution is 2.19. The maximum absolute atomic E-state index is 12.5. The minimum absolute atomic E-state index is 0.00567. The second kappa shape index (κ2) is 9.36. The fourth-order valence-electron chi connectivity index (χ4n) is 3.53. The number of nitrogens with zero attached hydrogens (tertiary/aromatic N) is 1. The van der Waals surface area contributed by atoms with Crippen molar-refractivity contribution in [1.29, 1.82) is 0 Å². The Morgan fingerprint density at radius 3 is 2.26 bits per heavy atom. The van der Waals surface area contributed by atoms with E-state index in [0.717, 1.165) is 19.3 Å². The molecule has 0 bridgehead atoms. The summed E-state index contributed by atoms with van der Waals surface area (Å²) in [5.74, 6) is -0.137. The van der Waals surface area contributed by atoms with E-state index < -0.39 is 0 Å². The van der Waals surface area contributed by atoms with Crippen LogP contribution in [0.5, 0.6) is 0 Å². The number of rotatable bonds is 8. The Balaban J connectivity index is 1.42. The lowest BCUT2D eigenvalue weighted by molar-refractivity contribution is -0.129. The number of nitrogens with one attached hydrogen (secondary N) is 1. The number of likely N-dealkylation sites (tertiary alicyclic amines) is 1. The van der Waals surface area contributed by atoms with Gasteiger partial charge in [0.2, 0.25) is 11.8 Å². The third-order valence-corrected chi connectivity index (χ3v) is 5.20. The fraction of sp³-hybridized carbons (Fsp3) is 0.391. The molecule has 142 valence electrons. The SMILES string of the molecule is CC(CCc1ccccc1)NC(=O)C1CC(=O)N(CCc2ccccc2)C1. The number of benzene rings is 2. The highest BCUT2D eigenvalue weighted by molar-refractivity contribution is 5.89. The Hall–Kier alpha value is -2.62. The predicted octanol–water partition coefficient (Wildman–Crippen LogP) is 3.22. The molecule has 0 aliphatic carbocycles. The number of hydrogen-bond donors (Lipinski definition) is 1. The summed E-state index contributed by atoms with van der Waals surface area (Å²) in [6.45, 7) is 3.24. The number of carbonyl (C=O) groups excluding carboxylic acids is 2. The first-order valence-electron chi connectivity index (χ1n) is 9.78. The molecule has 1 aliphatic heterocycles. The first-order valence-corrected chi connectivity index (χ1v) is 9.78. The van der Waals surface area contributed by atoms with Crippen LogP contribution in [0, 0.1) is 5.92 Å². The van der Waals surface area contributed by atoms with Gasteiger partial charge >= 0.3 is 0 Å². The first-order chi connectivity index (χ1) is 13.1. The molecule has 27 heavy (non-hydrogen) atoms. The molecule has 0 aromatic heterocycles. The molecule has 4 heteroatoms. The van der Waals surface area contributed by atoms with Crippen LogP contribution in [0.3, 0.4) is 0 Å². The average Bonchev–Trinajstić information content (AvgIpc) is 3.07. The lowest BCUT2D eigenvalue weighted by Crippen LogP contribution is -2.38. The second-order valence-electron chi connectivity index (χ2n) is 7.41. The smallest absolute Gasteiger partial charge is 0.225 e. The highest BCUT2D eigenvalue weighted by Gasteiger charge is 2.34. The van der Waals surface area contributed by atoms with Gasteiger partial charge in [-0.05, 0) is 37.3 Å². The summed E-state index contributed by atoms with van der Waals surface area (Å²) in [5, 5.41) is 3.09. The van der Waals surface area contributed by atoms with E-state index in [-0.39, 0.29) is 23.8 Å². The molecule has 2 aromatic carbocycles. The van der Waals surface area contributed by atoms with Gasteiger partial charge in [0.15, 0.2) is 0 Å². The average molecular weight is 364 g/mol. The zero-order valence-corrected chi connectivity index (χ0v) is 15.9. The molecule has 0 radical (unpaired) electrons. The van der Waals surface area contributed by atoms with Gasteiger partial charge in [0, 0.05) is 25.6 Å². The van der Waals surface area contributed by atoms with Gasteiger partial charge < -0.3 is 10.2 Å². The summed E-state index contributed by atoms with van der Waals surface area (Å²) < 4.78 is 0. The molecular weight excluding hydrogens is 336 g/mol. The molecular formula is C23H28N2O2. The zero-order valence-electron chi connectivity index (χ0n) is 15.9. The molecule has 1 heterocycles. The van der Waals surface area contributed by atoms with Crippen molar-refractivity contribution < 1.29 is 9.59 Å². The van der Waals surface area contributed by atoms with E-state index >= 15 is 0 Å². The lowest BCUT2D eigenvalue weighted by Gasteiger charge is -2.18. The van der Waals surface area contributed by atoms with E-state index in [1.165, 1.54) is 11.1 Å². The van der Waals surface area contributed by atoms with Crippen molar-refractivity contribution >= 4 is 11.8 Å². The summed E-state index contributed by atoms with van der Waals surface area (Å²) in [6, 6.07) is 20.5. The van der Waals surface area contributed by atoms with Crippen molar-refractivity contribution in [3.63, 3.8) is 0 Å². The van der Waals surface area contributed by atoms with Crippen molar-refractivity contribution in [3.05, 3.63) is 71.8 Å². The van der Waals surface area contributed by atoms with Crippen LogP contribution in [0.1, 0.15) is 30.9 Å². The normalized spacial score (nSPS) is 17.7. The van der Waals surface area contributed by atoms with E-state index in [0.29, 0.717) is 19.5 Å². The molecule has 1 saturated heterocycles. The highest BCUT2D eigenvalue weighted by atomic mass is 16.2. The first kappa shape index (κ1) is 19.2. The van der Waals surface area contributed by atoms with Crippen LogP contribution in [-0.4, -0.2) is 35.8 Å². The van der Waals surface area contributed by atoms with Gasteiger partial charge in [-0.3, -0.25) is 9.59 Å². The van der Waals surface area contributed by atoms with Gasteiger partial charge in [0.05, 0.1) is 5.92 Å². The molecule has 2 aromatic rings. The summed E-state index contributed by atoms with van der Waals surface area (Å²) in [6.07, 6.45) is 2.99. The minimum Gasteiger partial charge on any atom is -0.353 e. The number of amides is 2. The molecule has 1 N–H and O–H groups in total. The summed E-state index contributed by atoms with van der Waals surface area (Å²) >= 11 is 0.